The molecule has 1 aliphatic heterocycles. The minimum Gasteiger partial charge on any atom is -0.353 e. The van der Waals surface area contributed by atoms with E-state index in [1.54, 1.807) is 0 Å². The minimum atomic E-state index is -0.246. The van der Waals surface area contributed by atoms with Crippen molar-refractivity contribution in [2.75, 3.05) is 19.6 Å². The van der Waals surface area contributed by atoms with Gasteiger partial charge in [-0.25, -0.2) is 4.98 Å². The van der Waals surface area contributed by atoms with Crippen molar-refractivity contribution in [3.63, 3.8) is 0 Å². The minimum absolute atomic E-state index is 0.0433. The van der Waals surface area contributed by atoms with Crippen molar-refractivity contribution in [2.24, 2.45) is 0 Å². The molecule has 1 saturated heterocycles. The van der Waals surface area contributed by atoms with E-state index in [0.717, 1.165) is 11.3 Å². The van der Waals surface area contributed by atoms with Gasteiger partial charge in [0.1, 0.15) is 11.4 Å². The van der Waals surface area contributed by atoms with Crippen LogP contribution in [0.5, 0.6) is 0 Å². The summed E-state index contributed by atoms with van der Waals surface area (Å²) in [5.41, 5.74) is -0.212. The average molecular weight is 320 g/mol. The Morgan fingerprint density at radius 2 is 2.27 bits per heavy atom. The molecule has 1 N–H and O–H groups in total. The molecule has 0 atom stereocenters. The molecule has 116 valence electrons. The molecule has 3 rings (SSSR count). The second-order valence-electron chi connectivity index (χ2n) is 5.13. The monoisotopic (exact) mass is 320 g/mol. The summed E-state index contributed by atoms with van der Waals surface area (Å²) < 4.78 is 1.31. The highest BCUT2D eigenvalue weighted by atomic mass is 32.1. The number of nitrogens with zero attached hydrogens (tertiary/aromatic N) is 3. The third kappa shape index (κ3) is 2.74. The van der Waals surface area contributed by atoms with Gasteiger partial charge in [0.25, 0.3) is 5.56 Å². The zero-order valence-electron chi connectivity index (χ0n) is 12.2. The third-order valence-electron chi connectivity index (χ3n) is 3.61. The zero-order chi connectivity index (χ0) is 15.7. The molecule has 0 saturated carbocycles. The summed E-state index contributed by atoms with van der Waals surface area (Å²) in [5, 5.41) is 3.21. The molecule has 0 spiro atoms. The molecule has 0 aliphatic carbocycles. The number of aryl methyl sites for hydroxylation is 1. The first-order valence-corrected chi connectivity index (χ1v) is 7.92. The van der Waals surface area contributed by atoms with E-state index in [4.69, 9.17) is 0 Å². The van der Waals surface area contributed by atoms with Crippen LogP contribution in [0.4, 0.5) is 0 Å². The number of carbonyl (C=O) groups is 2. The molecule has 1 aliphatic rings. The second kappa shape index (κ2) is 5.88. The second-order valence-corrected chi connectivity index (χ2v) is 6.24. The molecule has 2 aromatic heterocycles. The highest BCUT2D eigenvalue weighted by Gasteiger charge is 2.21. The van der Waals surface area contributed by atoms with Gasteiger partial charge in [-0.05, 0) is 12.5 Å². The maximum absolute atomic E-state index is 12.4. The molecule has 22 heavy (non-hydrogen) atoms. The number of piperazine rings is 1. The fourth-order valence-electron chi connectivity index (χ4n) is 2.39. The Hall–Kier alpha value is -2.22. The standard InChI is InChI=1S/C14H16N4O3S/c1-2-9-5-10-13(22-9)16-8-18(14(10)21)7-12(20)17-4-3-15-11(19)6-17/h5,8H,2-4,6-7H2,1H3,(H,15,19). The number of fused-ring (bicyclic) bond motifs is 1. The predicted molar refractivity (Wildman–Crippen MR) is 82.8 cm³/mol. The largest absolute Gasteiger partial charge is 0.353 e. The van der Waals surface area contributed by atoms with Gasteiger partial charge < -0.3 is 10.2 Å². The lowest BCUT2D eigenvalue weighted by atomic mass is 10.3. The van der Waals surface area contributed by atoms with Crippen molar-refractivity contribution >= 4 is 33.4 Å². The Kier molecular flexibility index (Phi) is 3.93. The van der Waals surface area contributed by atoms with E-state index in [-0.39, 0.29) is 30.5 Å². The molecule has 2 amide bonds. The van der Waals surface area contributed by atoms with Crippen molar-refractivity contribution in [1.29, 1.82) is 0 Å². The topological polar surface area (TPSA) is 84.3 Å². The number of rotatable bonds is 3. The van der Waals surface area contributed by atoms with E-state index in [1.807, 2.05) is 13.0 Å². The van der Waals surface area contributed by atoms with E-state index >= 15 is 0 Å². The molecule has 8 heteroatoms. The molecule has 0 radical (unpaired) electrons. The van der Waals surface area contributed by atoms with Crippen LogP contribution in [0.2, 0.25) is 0 Å². The van der Waals surface area contributed by atoms with Gasteiger partial charge in [-0.1, -0.05) is 6.92 Å². The molecule has 2 aromatic rings. The normalized spacial score (nSPS) is 15.1. The van der Waals surface area contributed by atoms with Gasteiger partial charge >= 0.3 is 0 Å². The highest BCUT2D eigenvalue weighted by molar-refractivity contribution is 7.18. The van der Waals surface area contributed by atoms with Crippen LogP contribution in [-0.4, -0.2) is 45.9 Å². The number of carbonyl (C=O) groups excluding carboxylic acids is 2. The molecule has 0 unspecified atom stereocenters. The maximum atomic E-state index is 12.4. The molecule has 1 fully saturated rings. The van der Waals surface area contributed by atoms with Gasteiger partial charge in [-0.2, -0.15) is 0 Å². The van der Waals surface area contributed by atoms with E-state index in [1.165, 1.54) is 27.1 Å². The number of nitrogens with one attached hydrogen (secondary N) is 1. The average Bonchev–Trinajstić information content (AvgIpc) is 2.94. The third-order valence-corrected chi connectivity index (χ3v) is 4.80. The molecular weight excluding hydrogens is 304 g/mol. The quantitative estimate of drug-likeness (QED) is 0.861. The van der Waals surface area contributed by atoms with Crippen LogP contribution in [0.3, 0.4) is 0 Å². The summed E-state index contributed by atoms with van der Waals surface area (Å²) in [6.07, 6.45) is 2.25. The molecular formula is C14H16N4O3S. The fraction of sp³-hybridized carbons (Fsp3) is 0.429. The van der Waals surface area contributed by atoms with Gasteiger partial charge in [0.05, 0.1) is 18.3 Å². The maximum Gasteiger partial charge on any atom is 0.262 e. The molecule has 3 heterocycles. The number of hydrogen-bond donors (Lipinski definition) is 1. The van der Waals surface area contributed by atoms with Crippen LogP contribution in [0, 0.1) is 0 Å². The Morgan fingerprint density at radius 1 is 1.45 bits per heavy atom. The number of amides is 2. The van der Waals surface area contributed by atoms with E-state index in [0.29, 0.717) is 23.3 Å². The Morgan fingerprint density at radius 3 is 3.00 bits per heavy atom. The van der Waals surface area contributed by atoms with Gasteiger partial charge in [0, 0.05) is 18.0 Å². The van der Waals surface area contributed by atoms with E-state index < -0.39 is 0 Å². The van der Waals surface area contributed by atoms with Crippen LogP contribution in [0.15, 0.2) is 17.2 Å². The van der Waals surface area contributed by atoms with Gasteiger partial charge in [0.2, 0.25) is 11.8 Å². The summed E-state index contributed by atoms with van der Waals surface area (Å²) in [5.74, 6) is -0.421. The van der Waals surface area contributed by atoms with Crippen molar-refractivity contribution in [1.82, 2.24) is 19.8 Å². The molecule has 7 nitrogen and oxygen atoms in total. The Labute approximate surface area is 130 Å². The lowest BCUT2D eigenvalue weighted by Gasteiger charge is -2.26. The highest BCUT2D eigenvalue weighted by Crippen LogP contribution is 2.20. The Bertz CT molecular complexity index is 795. The summed E-state index contributed by atoms with van der Waals surface area (Å²) in [6, 6.07) is 1.84. The van der Waals surface area contributed by atoms with Crippen LogP contribution >= 0.6 is 11.3 Å². The van der Waals surface area contributed by atoms with Crippen molar-refractivity contribution in [3.05, 3.63) is 27.6 Å². The summed E-state index contributed by atoms with van der Waals surface area (Å²) in [6.45, 7) is 2.89. The first kappa shape index (κ1) is 14.7. The van der Waals surface area contributed by atoms with Crippen molar-refractivity contribution in [2.45, 2.75) is 19.9 Å². The predicted octanol–water partition coefficient (Wildman–Crippen LogP) is -0.0212. The lowest BCUT2D eigenvalue weighted by Crippen LogP contribution is -2.51. The smallest absolute Gasteiger partial charge is 0.262 e. The summed E-state index contributed by atoms with van der Waals surface area (Å²) in [7, 11) is 0. The number of hydrogen-bond acceptors (Lipinski definition) is 5. The Balaban J connectivity index is 1.84. The fourth-order valence-corrected chi connectivity index (χ4v) is 3.32. The lowest BCUT2D eigenvalue weighted by molar-refractivity contribution is -0.138. The summed E-state index contributed by atoms with van der Waals surface area (Å²) >= 11 is 1.49. The first-order valence-electron chi connectivity index (χ1n) is 7.11. The summed E-state index contributed by atoms with van der Waals surface area (Å²) in [4.78, 5) is 43.5. The van der Waals surface area contributed by atoms with Gasteiger partial charge in [-0.3, -0.25) is 19.0 Å². The van der Waals surface area contributed by atoms with Gasteiger partial charge in [0.15, 0.2) is 0 Å². The zero-order valence-corrected chi connectivity index (χ0v) is 13.0. The van der Waals surface area contributed by atoms with Crippen LogP contribution in [0.25, 0.3) is 10.2 Å². The van der Waals surface area contributed by atoms with Crippen molar-refractivity contribution < 1.29 is 9.59 Å². The molecule has 0 aromatic carbocycles. The van der Waals surface area contributed by atoms with E-state index in [9.17, 15) is 14.4 Å². The SMILES string of the molecule is CCc1cc2c(=O)n(CC(=O)N3CCNC(=O)C3)cnc2s1. The van der Waals surface area contributed by atoms with Crippen LogP contribution < -0.4 is 10.9 Å². The van der Waals surface area contributed by atoms with Gasteiger partial charge in [-0.15, -0.1) is 11.3 Å². The molecule has 0 bridgehead atoms. The number of aromatic nitrogens is 2. The van der Waals surface area contributed by atoms with Crippen LogP contribution in [0.1, 0.15) is 11.8 Å². The van der Waals surface area contributed by atoms with Crippen LogP contribution in [-0.2, 0) is 22.6 Å². The van der Waals surface area contributed by atoms with Crippen molar-refractivity contribution in [3.8, 4) is 0 Å². The first-order chi connectivity index (χ1) is 10.6. The van der Waals surface area contributed by atoms with E-state index in [2.05, 4.69) is 10.3 Å². The number of thiophene rings is 1.